The van der Waals surface area contributed by atoms with Crippen LogP contribution in [0.3, 0.4) is 0 Å². The van der Waals surface area contributed by atoms with E-state index in [-0.39, 0.29) is 13.0 Å². The average molecular weight is 585 g/mol. The second-order valence-electron chi connectivity index (χ2n) is 10.6. The Hall–Kier alpha value is -0.860. The van der Waals surface area contributed by atoms with Gasteiger partial charge in [-0.3, -0.25) is 9.35 Å². The van der Waals surface area contributed by atoms with Crippen molar-refractivity contribution in [3.8, 4) is 0 Å². The summed E-state index contributed by atoms with van der Waals surface area (Å²) in [6.07, 6.45) is 8.87. The Labute approximate surface area is 234 Å². The summed E-state index contributed by atoms with van der Waals surface area (Å²) in [5.41, 5.74) is 0. The van der Waals surface area contributed by atoms with Crippen LogP contribution in [0.5, 0.6) is 0 Å². The Kier molecular flexibility index (Phi) is 19.4. The zero-order valence-electron chi connectivity index (χ0n) is 23.5. The van der Waals surface area contributed by atoms with Gasteiger partial charge in [-0.15, -0.1) is 0 Å². The number of carbonyl (C=O) groups excluding carboxylic acids is 1. The molecular weight excluding hydrogens is 532 g/mol. The molecule has 1 rings (SSSR count). The molecule has 0 aromatic carbocycles. The smallest absolute Gasteiger partial charge is 0.305 e. The van der Waals surface area contributed by atoms with Gasteiger partial charge in [-0.2, -0.15) is 8.42 Å². The highest BCUT2D eigenvalue weighted by Crippen LogP contribution is 2.24. The van der Waals surface area contributed by atoms with E-state index in [9.17, 15) is 33.6 Å². The molecular formula is C27H52O11S. The average Bonchev–Trinajstić information content (AvgIpc) is 2.89. The van der Waals surface area contributed by atoms with Crippen LogP contribution < -0.4 is 0 Å². The summed E-state index contributed by atoms with van der Waals surface area (Å²) in [7, 11) is -4.55. The lowest BCUT2D eigenvalue weighted by atomic mass is 10.00. The maximum Gasteiger partial charge on any atom is 0.305 e. The molecule has 1 heterocycles. The summed E-state index contributed by atoms with van der Waals surface area (Å²) in [4.78, 5) is 12.1. The minimum absolute atomic E-state index is 0.223. The van der Waals surface area contributed by atoms with Crippen molar-refractivity contribution in [1.82, 2.24) is 0 Å². The molecule has 1 aliphatic rings. The van der Waals surface area contributed by atoms with Gasteiger partial charge in [0.2, 0.25) is 0 Å². The molecule has 0 spiro atoms. The van der Waals surface area contributed by atoms with Gasteiger partial charge < -0.3 is 34.6 Å². The van der Waals surface area contributed by atoms with Gasteiger partial charge in [0.25, 0.3) is 10.1 Å². The molecule has 5 N–H and O–H groups in total. The fraction of sp³-hybridized carbons (Fsp3) is 0.963. The standard InChI is InChI=1S/C27H52O11S/c1-2-3-4-5-6-7-8-9-10-11-12-13-14-15-16-17-23(29)36-19-21(18-28)37-27-26(32)25(31)24(30)22(38-27)20-39(33,34)35/h21-22,24-28,30-32H,2-20H2,1H3,(H,33,34,35)/t21-,22+,24+,25-,26+,27+/m0/s1. The Morgan fingerprint density at radius 3 is 1.74 bits per heavy atom. The highest BCUT2D eigenvalue weighted by atomic mass is 32.2. The number of unbranched alkanes of at least 4 members (excludes halogenated alkanes) is 14. The molecule has 6 atom stereocenters. The maximum absolute atomic E-state index is 12.1. The predicted molar refractivity (Wildman–Crippen MR) is 146 cm³/mol. The minimum atomic E-state index is -4.55. The normalized spacial score (nSPS) is 24.5. The van der Waals surface area contributed by atoms with E-state index in [1.54, 1.807) is 0 Å². The molecule has 11 nitrogen and oxygen atoms in total. The number of aliphatic hydroxyl groups excluding tert-OH is 4. The van der Waals surface area contributed by atoms with Crippen molar-refractivity contribution in [2.75, 3.05) is 19.0 Å². The van der Waals surface area contributed by atoms with Crippen molar-refractivity contribution in [3.63, 3.8) is 0 Å². The molecule has 1 aliphatic heterocycles. The van der Waals surface area contributed by atoms with Gasteiger partial charge in [-0.25, -0.2) is 0 Å². The van der Waals surface area contributed by atoms with E-state index in [2.05, 4.69) is 6.92 Å². The second kappa shape index (κ2) is 20.9. The minimum Gasteiger partial charge on any atom is -0.463 e. The van der Waals surface area contributed by atoms with Gasteiger partial charge >= 0.3 is 5.97 Å². The molecule has 0 aliphatic carbocycles. The fourth-order valence-corrected chi connectivity index (χ4v) is 5.29. The number of esters is 1. The Morgan fingerprint density at radius 1 is 0.795 bits per heavy atom. The topological polar surface area (TPSA) is 180 Å². The summed E-state index contributed by atoms with van der Waals surface area (Å²) in [5, 5.41) is 39.5. The van der Waals surface area contributed by atoms with Crippen molar-refractivity contribution in [3.05, 3.63) is 0 Å². The highest BCUT2D eigenvalue weighted by Gasteiger charge is 2.46. The van der Waals surface area contributed by atoms with Crippen molar-refractivity contribution in [1.29, 1.82) is 0 Å². The van der Waals surface area contributed by atoms with Crippen molar-refractivity contribution >= 4 is 16.1 Å². The van der Waals surface area contributed by atoms with Gasteiger partial charge in [-0.05, 0) is 6.42 Å². The maximum atomic E-state index is 12.1. The molecule has 0 unspecified atom stereocenters. The molecule has 39 heavy (non-hydrogen) atoms. The number of rotatable bonds is 23. The number of aliphatic hydroxyl groups is 4. The molecule has 0 bridgehead atoms. The van der Waals surface area contributed by atoms with Crippen LogP contribution in [0.25, 0.3) is 0 Å². The summed E-state index contributed by atoms with van der Waals surface area (Å²) in [6, 6.07) is 0. The first-order chi connectivity index (χ1) is 18.6. The summed E-state index contributed by atoms with van der Waals surface area (Å²) in [6.45, 7) is 1.28. The van der Waals surface area contributed by atoms with E-state index < -0.39 is 65.3 Å². The van der Waals surface area contributed by atoms with E-state index in [1.807, 2.05) is 0 Å². The highest BCUT2D eigenvalue weighted by molar-refractivity contribution is 7.85. The van der Waals surface area contributed by atoms with E-state index in [4.69, 9.17) is 18.8 Å². The Morgan fingerprint density at radius 2 is 1.28 bits per heavy atom. The molecule has 12 heteroatoms. The zero-order chi connectivity index (χ0) is 29.1. The van der Waals surface area contributed by atoms with Gasteiger partial charge in [0.05, 0.1) is 6.61 Å². The second-order valence-corrected chi connectivity index (χ2v) is 12.1. The largest absolute Gasteiger partial charge is 0.463 e. The first-order valence-electron chi connectivity index (χ1n) is 14.7. The van der Waals surface area contributed by atoms with Crippen LogP contribution in [0.4, 0.5) is 0 Å². The lowest BCUT2D eigenvalue weighted by molar-refractivity contribution is -0.307. The SMILES string of the molecule is CCCCCCCCCCCCCCCCCC(=O)OC[C@H](CO)O[C@@H]1O[C@H](CS(=O)(=O)O)[C@@H](O)[C@H](O)[C@H]1O. The lowest BCUT2D eigenvalue weighted by Gasteiger charge is -2.40. The van der Waals surface area contributed by atoms with Gasteiger partial charge in [0.15, 0.2) is 6.29 Å². The van der Waals surface area contributed by atoms with Gasteiger partial charge in [-0.1, -0.05) is 96.8 Å². The number of hydrogen-bond acceptors (Lipinski definition) is 10. The van der Waals surface area contributed by atoms with Crippen molar-refractivity contribution in [2.24, 2.45) is 0 Å². The molecule has 232 valence electrons. The first kappa shape index (κ1) is 36.2. The van der Waals surface area contributed by atoms with Crippen molar-refractivity contribution in [2.45, 2.75) is 146 Å². The molecule has 0 radical (unpaired) electrons. The van der Waals surface area contributed by atoms with Crippen LogP contribution >= 0.6 is 0 Å². The number of carbonyl (C=O) groups is 1. The lowest BCUT2D eigenvalue weighted by Crippen LogP contribution is -2.60. The quantitative estimate of drug-likeness (QED) is 0.0677. The van der Waals surface area contributed by atoms with E-state index in [0.29, 0.717) is 6.42 Å². The third-order valence-corrected chi connectivity index (χ3v) is 7.74. The summed E-state index contributed by atoms with van der Waals surface area (Å²) < 4.78 is 46.9. The summed E-state index contributed by atoms with van der Waals surface area (Å²) >= 11 is 0. The number of ether oxygens (including phenoxy) is 3. The third kappa shape index (κ3) is 16.9. The number of hydrogen-bond donors (Lipinski definition) is 5. The Bertz CT molecular complexity index is 733. The molecule has 0 aromatic heterocycles. The molecule has 1 saturated heterocycles. The van der Waals surface area contributed by atoms with Crippen molar-refractivity contribution < 1.29 is 52.4 Å². The summed E-state index contributed by atoms with van der Waals surface area (Å²) in [5.74, 6) is -1.49. The van der Waals surface area contributed by atoms with Gasteiger partial charge in [0, 0.05) is 6.42 Å². The van der Waals surface area contributed by atoms with Crippen LogP contribution in [0.2, 0.25) is 0 Å². The monoisotopic (exact) mass is 584 g/mol. The van der Waals surface area contributed by atoms with E-state index in [1.165, 1.54) is 70.6 Å². The van der Waals surface area contributed by atoms with Crippen LogP contribution in [-0.2, 0) is 29.1 Å². The van der Waals surface area contributed by atoms with Crippen LogP contribution in [-0.4, -0.2) is 95.1 Å². The first-order valence-corrected chi connectivity index (χ1v) is 16.3. The van der Waals surface area contributed by atoms with E-state index >= 15 is 0 Å². The molecule has 0 amide bonds. The van der Waals surface area contributed by atoms with Crippen LogP contribution in [0.1, 0.15) is 110 Å². The fourth-order valence-electron chi connectivity index (χ4n) is 4.60. The molecule has 1 fully saturated rings. The third-order valence-electron chi connectivity index (χ3n) is 6.99. The van der Waals surface area contributed by atoms with Crippen LogP contribution in [0.15, 0.2) is 0 Å². The van der Waals surface area contributed by atoms with Gasteiger partial charge in [0.1, 0.15) is 42.9 Å². The Balaban J connectivity index is 2.14. The van der Waals surface area contributed by atoms with Crippen LogP contribution in [0, 0.1) is 0 Å². The van der Waals surface area contributed by atoms with E-state index in [0.717, 1.165) is 19.3 Å². The molecule has 0 aromatic rings. The zero-order valence-corrected chi connectivity index (χ0v) is 24.3. The predicted octanol–water partition coefficient (Wildman–Crippen LogP) is 2.86. The molecule has 0 saturated carbocycles.